The fraction of sp³-hybridized carbons (Fsp3) is 0.105. The van der Waals surface area contributed by atoms with Crippen molar-refractivity contribution in [2.24, 2.45) is 10.7 Å². The first-order valence-electron chi connectivity index (χ1n) is 7.89. The van der Waals surface area contributed by atoms with E-state index in [4.69, 9.17) is 17.3 Å². The fourth-order valence-electron chi connectivity index (χ4n) is 2.55. The first-order chi connectivity index (χ1) is 12.4. The molecule has 0 aliphatic carbocycles. The number of phenolic OH excluding ortho intramolecular Hbond substituents is 1. The zero-order valence-corrected chi connectivity index (χ0v) is 14.8. The summed E-state index contributed by atoms with van der Waals surface area (Å²) in [5.74, 6) is -0.158. The molecule has 132 valence electrons. The van der Waals surface area contributed by atoms with Gasteiger partial charge in [0.1, 0.15) is 11.3 Å². The molecule has 7 heteroatoms. The Morgan fingerprint density at radius 2 is 2.04 bits per heavy atom. The number of nitrogens with zero attached hydrogens (tertiary/aromatic N) is 2. The molecule has 0 unspecified atom stereocenters. The highest BCUT2D eigenvalue weighted by Gasteiger charge is 2.18. The van der Waals surface area contributed by atoms with E-state index in [0.29, 0.717) is 17.1 Å². The molecule has 0 aliphatic rings. The molecule has 0 aliphatic heterocycles. The summed E-state index contributed by atoms with van der Waals surface area (Å²) in [5.41, 5.74) is 8.84. The molecule has 0 radical (unpaired) electrons. The largest absolute Gasteiger partial charge is 0.508 e. The number of H-pyrrole nitrogens is 1. The van der Waals surface area contributed by atoms with Gasteiger partial charge in [-0.3, -0.25) is 9.89 Å². The molecule has 1 heterocycles. The molecule has 1 amide bonds. The molecular weight excluding hydrogens is 352 g/mol. The first-order valence-corrected chi connectivity index (χ1v) is 8.27. The third-order valence-corrected chi connectivity index (χ3v) is 4.17. The Hall–Kier alpha value is -3.12. The summed E-state index contributed by atoms with van der Waals surface area (Å²) in [7, 11) is 0. The summed E-state index contributed by atoms with van der Waals surface area (Å²) in [6.07, 6.45) is 2.03. The van der Waals surface area contributed by atoms with Crippen molar-refractivity contribution in [3.05, 3.63) is 75.4 Å². The highest BCUT2D eigenvalue weighted by Crippen LogP contribution is 2.23. The van der Waals surface area contributed by atoms with Crippen molar-refractivity contribution in [2.45, 2.75) is 13.3 Å². The summed E-state index contributed by atoms with van der Waals surface area (Å²) >= 11 is 5.89. The number of aromatic amines is 1. The van der Waals surface area contributed by atoms with E-state index in [1.807, 2.05) is 12.1 Å². The van der Waals surface area contributed by atoms with Crippen molar-refractivity contribution in [2.75, 3.05) is 0 Å². The molecule has 0 bridgehead atoms. The number of nitrogens with one attached hydrogen (secondary N) is 1. The van der Waals surface area contributed by atoms with E-state index < -0.39 is 5.91 Å². The number of benzene rings is 2. The number of carbonyl (C=O) groups is 1. The van der Waals surface area contributed by atoms with Gasteiger partial charge in [-0.15, -0.1) is 0 Å². The van der Waals surface area contributed by atoms with Gasteiger partial charge in [0.05, 0.1) is 5.69 Å². The molecule has 4 N–H and O–H groups in total. The molecular formula is C19H17ClN4O2. The smallest absolute Gasteiger partial charge is 0.254 e. The molecule has 0 atom stereocenters. The summed E-state index contributed by atoms with van der Waals surface area (Å²) in [4.78, 5) is 16.2. The first kappa shape index (κ1) is 17.7. The van der Waals surface area contributed by atoms with Crippen LogP contribution < -0.4 is 5.73 Å². The zero-order valence-electron chi connectivity index (χ0n) is 14.0. The number of aromatic hydroxyl groups is 1. The molecule has 0 saturated heterocycles. The lowest BCUT2D eigenvalue weighted by molar-refractivity contribution is 0.100. The minimum atomic E-state index is -0.600. The number of amides is 1. The van der Waals surface area contributed by atoms with Crippen molar-refractivity contribution in [3.8, 4) is 5.75 Å². The summed E-state index contributed by atoms with van der Waals surface area (Å²) in [6, 6.07) is 12.4. The lowest BCUT2D eigenvalue weighted by Crippen LogP contribution is -2.13. The van der Waals surface area contributed by atoms with Gasteiger partial charge >= 0.3 is 0 Å². The number of nitrogens with two attached hydrogens (primary N) is 1. The normalized spacial score (nSPS) is 11.2. The van der Waals surface area contributed by atoms with Gasteiger partial charge in [0.2, 0.25) is 0 Å². The van der Waals surface area contributed by atoms with Crippen LogP contribution in [0.25, 0.3) is 0 Å². The van der Waals surface area contributed by atoms with E-state index in [0.717, 1.165) is 16.7 Å². The minimum Gasteiger partial charge on any atom is -0.508 e. The summed E-state index contributed by atoms with van der Waals surface area (Å²) in [6.45, 7) is 1.79. The Labute approximate surface area is 155 Å². The Morgan fingerprint density at radius 3 is 2.69 bits per heavy atom. The number of rotatable bonds is 5. The standard InChI is InChI=1S/C19H17ClN4O2/c1-11-8-13(4-7-16(11)25)10-22-19-17(18(21)26)15(23-24-19)9-12-2-5-14(20)6-3-12/h2-8,10,25H,9H2,1H3,(H2,21,26)(H,23,24). The van der Waals surface area contributed by atoms with Crippen LogP contribution in [0.1, 0.15) is 32.7 Å². The van der Waals surface area contributed by atoms with Crippen molar-refractivity contribution >= 4 is 29.5 Å². The summed E-state index contributed by atoms with van der Waals surface area (Å²) < 4.78 is 0. The van der Waals surface area contributed by atoms with E-state index in [1.165, 1.54) is 0 Å². The van der Waals surface area contributed by atoms with E-state index in [9.17, 15) is 9.90 Å². The highest BCUT2D eigenvalue weighted by molar-refractivity contribution is 6.30. The fourth-order valence-corrected chi connectivity index (χ4v) is 2.67. The van der Waals surface area contributed by atoms with Crippen LogP contribution in [-0.2, 0) is 6.42 Å². The van der Waals surface area contributed by atoms with Gasteiger partial charge in [-0.1, -0.05) is 23.7 Å². The molecule has 2 aromatic carbocycles. The van der Waals surface area contributed by atoms with E-state index in [1.54, 1.807) is 43.5 Å². The Morgan fingerprint density at radius 1 is 1.31 bits per heavy atom. The number of primary amides is 1. The van der Waals surface area contributed by atoms with Crippen LogP contribution in [-0.4, -0.2) is 27.4 Å². The molecule has 26 heavy (non-hydrogen) atoms. The topological polar surface area (TPSA) is 104 Å². The van der Waals surface area contributed by atoms with Crippen molar-refractivity contribution in [1.82, 2.24) is 10.2 Å². The Balaban J connectivity index is 1.89. The number of phenols is 1. The predicted molar refractivity (Wildman–Crippen MR) is 101 cm³/mol. The maximum Gasteiger partial charge on any atom is 0.254 e. The van der Waals surface area contributed by atoms with Crippen LogP contribution in [0.5, 0.6) is 5.75 Å². The summed E-state index contributed by atoms with van der Waals surface area (Å²) in [5, 5.41) is 17.2. The molecule has 0 spiro atoms. The van der Waals surface area contributed by atoms with Crippen LogP contribution in [0.15, 0.2) is 47.5 Å². The predicted octanol–water partition coefficient (Wildman–Crippen LogP) is 3.52. The molecule has 1 aromatic heterocycles. The quantitative estimate of drug-likeness (QED) is 0.600. The second kappa shape index (κ2) is 7.41. The van der Waals surface area contributed by atoms with E-state index >= 15 is 0 Å². The van der Waals surface area contributed by atoms with Crippen molar-refractivity contribution in [3.63, 3.8) is 0 Å². The van der Waals surface area contributed by atoms with Gasteiger partial charge in [0.25, 0.3) is 5.91 Å². The number of halogens is 1. The Bertz CT molecular complexity index is 978. The van der Waals surface area contributed by atoms with Crippen LogP contribution >= 0.6 is 11.6 Å². The van der Waals surface area contributed by atoms with Gasteiger partial charge in [0.15, 0.2) is 5.82 Å². The minimum absolute atomic E-state index is 0.213. The molecule has 0 fully saturated rings. The highest BCUT2D eigenvalue weighted by atomic mass is 35.5. The maximum atomic E-state index is 11.9. The van der Waals surface area contributed by atoms with Gasteiger partial charge < -0.3 is 10.8 Å². The number of hydrogen-bond donors (Lipinski definition) is 3. The van der Waals surface area contributed by atoms with Gasteiger partial charge in [-0.2, -0.15) is 5.10 Å². The van der Waals surface area contributed by atoms with Crippen molar-refractivity contribution < 1.29 is 9.90 Å². The molecule has 3 rings (SSSR count). The SMILES string of the molecule is Cc1cc(C=Nc2n[nH]c(Cc3ccc(Cl)cc3)c2C(N)=O)ccc1O. The van der Waals surface area contributed by atoms with E-state index in [2.05, 4.69) is 15.2 Å². The number of aromatic nitrogens is 2. The third-order valence-electron chi connectivity index (χ3n) is 3.92. The zero-order chi connectivity index (χ0) is 18.7. The number of carbonyl (C=O) groups excluding carboxylic acids is 1. The third kappa shape index (κ3) is 3.92. The van der Waals surface area contributed by atoms with Gasteiger partial charge in [0, 0.05) is 17.7 Å². The van der Waals surface area contributed by atoms with Crippen LogP contribution in [0.3, 0.4) is 0 Å². The average molecular weight is 369 g/mol. The number of aliphatic imine (C=N–C) groups is 1. The average Bonchev–Trinajstić information content (AvgIpc) is 3.01. The lowest BCUT2D eigenvalue weighted by atomic mass is 10.1. The monoisotopic (exact) mass is 368 g/mol. The second-order valence-corrected chi connectivity index (χ2v) is 6.31. The second-order valence-electron chi connectivity index (χ2n) is 5.87. The van der Waals surface area contributed by atoms with Gasteiger partial charge in [-0.05, 0) is 53.9 Å². The molecule has 0 saturated carbocycles. The molecule has 6 nitrogen and oxygen atoms in total. The maximum absolute atomic E-state index is 11.9. The van der Waals surface area contributed by atoms with Crippen LogP contribution in [0.2, 0.25) is 5.02 Å². The Kier molecular flexibility index (Phi) is 5.04. The number of aryl methyl sites for hydroxylation is 1. The van der Waals surface area contributed by atoms with Crippen LogP contribution in [0.4, 0.5) is 5.82 Å². The van der Waals surface area contributed by atoms with E-state index in [-0.39, 0.29) is 17.1 Å². The lowest BCUT2D eigenvalue weighted by Gasteiger charge is -2.02. The molecule has 3 aromatic rings. The number of hydrogen-bond acceptors (Lipinski definition) is 4. The van der Waals surface area contributed by atoms with Crippen LogP contribution in [0, 0.1) is 6.92 Å². The van der Waals surface area contributed by atoms with Gasteiger partial charge in [-0.25, -0.2) is 4.99 Å². The van der Waals surface area contributed by atoms with Crippen molar-refractivity contribution in [1.29, 1.82) is 0 Å².